The van der Waals surface area contributed by atoms with Gasteiger partial charge in [-0.1, -0.05) is 13.3 Å². The zero-order chi connectivity index (χ0) is 13.6. The fourth-order valence-electron chi connectivity index (χ4n) is 2.59. The Bertz CT molecular complexity index is 266. The Morgan fingerprint density at radius 3 is 2.83 bits per heavy atom. The van der Waals surface area contributed by atoms with Crippen LogP contribution in [0.5, 0.6) is 0 Å². The van der Waals surface area contributed by atoms with Crippen molar-refractivity contribution in [2.45, 2.75) is 52.0 Å². The molecule has 0 radical (unpaired) electrons. The monoisotopic (exact) mass is 255 g/mol. The molecule has 1 saturated heterocycles. The van der Waals surface area contributed by atoms with Crippen LogP contribution in [0.15, 0.2) is 0 Å². The van der Waals surface area contributed by atoms with Crippen molar-refractivity contribution in [1.29, 1.82) is 0 Å². The van der Waals surface area contributed by atoms with Gasteiger partial charge in [-0.25, -0.2) is 0 Å². The minimum absolute atomic E-state index is 0.0398. The third-order valence-corrected chi connectivity index (χ3v) is 4.04. The summed E-state index contributed by atoms with van der Waals surface area (Å²) in [4.78, 5) is 14.0. The highest BCUT2D eigenvalue weighted by molar-refractivity contribution is 5.76. The largest absolute Gasteiger partial charge is 0.354 e. The Balaban J connectivity index is 2.43. The maximum atomic E-state index is 11.5. The standard InChI is InChI=1S/C14H29N3O/c1-4-12-6-5-9-17(10-12)14(2,3)11-16-13(18)7-8-15/h12H,4-11,15H2,1-3H3,(H,16,18). The Kier molecular flexibility index (Phi) is 6.09. The van der Waals surface area contributed by atoms with Gasteiger partial charge in [-0.05, 0) is 39.2 Å². The van der Waals surface area contributed by atoms with Crippen molar-refractivity contribution in [1.82, 2.24) is 10.2 Å². The molecule has 0 aromatic rings. The highest BCUT2D eigenvalue weighted by Gasteiger charge is 2.30. The van der Waals surface area contributed by atoms with Gasteiger partial charge in [-0.3, -0.25) is 9.69 Å². The van der Waals surface area contributed by atoms with E-state index in [2.05, 4.69) is 31.0 Å². The molecule has 1 aliphatic rings. The molecule has 0 aromatic carbocycles. The molecule has 1 unspecified atom stereocenters. The molecule has 1 atom stereocenters. The second kappa shape index (κ2) is 7.10. The molecule has 1 heterocycles. The van der Waals surface area contributed by atoms with E-state index in [1.165, 1.54) is 19.3 Å². The van der Waals surface area contributed by atoms with Crippen LogP contribution >= 0.6 is 0 Å². The zero-order valence-corrected chi connectivity index (χ0v) is 12.2. The molecule has 3 N–H and O–H groups in total. The topological polar surface area (TPSA) is 58.4 Å². The van der Waals surface area contributed by atoms with Crippen molar-refractivity contribution in [2.24, 2.45) is 11.7 Å². The number of carbonyl (C=O) groups excluding carboxylic acids is 1. The molecule has 4 heteroatoms. The Morgan fingerprint density at radius 2 is 2.22 bits per heavy atom. The fraction of sp³-hybridized carbons (Fsp3) is 0.929. The van der Waals surface area contributed by atoms with E-state index in [0.717, 1.165) is 19.0 Å². The molecule has 106 valence electrons. The van der Waals surface area contributed by atoms with Gasteiger partial charge in [-0.2, -0.15) is 0 Å². The molecule has 1 aliphatic heterocycles. The van der Waals surface area contributed by atoms with E-state index in [9.17, 15) is 4.79 Å². The molecule has 1 rings (SSSR count). The molecule has 0 saturated carbocycles. The van der Waals surface area contributed by atoms with Crippen LogP contribution in [0.2, 0.25) is 0 Å². The first-order valence-electron chi connectivity index (χ1n) is 7.21. The highest BCUT2D eigenvalue weighted by atomic mass is 16.1. The van der Waals surface area contributed by atoms with Crippen LogP contribution in [-0.4, -0.2) is 42.5 Å². The van der Waals surface area contributed by atoms with Crippen molar-refractivity contribution < 1.29 is 4.79 Å². The maximum absolute atomic E-state index is 11.5. The van der Waals surface area contributed by atoms with Gasteiger partial charge in [0.25, 0.3) is 0 Å². The van der Waals surface area contributed by atoms with Crippen LogP contribution in [0.4, 0.5) is 0 Å². The average Bonchev–Trinajstić information content (AvgIpc) is 2.37. The van der Waals surface area contributed by atoms with E-state index < -0.39 is 0 Å². The van der Waals surface area contributed by atoms with E-state index >= 15 is 0 Å². The van der Waals surface area contributed by atoms with E-state index in [-0.39, 0.29) is 11.4 Å². The number of piperidine rings is 1. The summed E-state index contributed by atoms with van der Waals surface area (Å²) in [6.45, 7) is 10.1. The molecule has 1 fully saturated rings. The Hall–Kier alpha value is -0.610. The van der Waals surface area contributed by atoms with Crippen molar-refractivity contribution in [2.75, 3.05) is 26.2 Å². The SMILES string of the molecule is CCC1CCCN(C(C)(C)CNC(=O)CCN)C1. The summed E-state index contributed by atoms with van der Waals surface area (Å²) < 4.78 is 0. The van der Waals surface area contributed by atoms with Crippen LogP contribution in [0, 0.1) is 5.92 Å². The summed E-state index contributed by atoms with van der Waals surface area (Å²) in [6.07, 6.45) is 4.31. The lowest BCUT2D eigenvalue weighted by Crippen LogP contribution is -2.54. The molecular weight excluding hydrogens is 226 g/mol. The number of nitrogens with one attached hydrogen (secondary N) is 1. The summed E-state index contributed by atoms with van der Waals surface area (Å²) in [6, 6.07) is 0. The van der Waals surface area contributed by atoms with E-state index in [4.69, 9.17) is 5.73 Å². The molecular formula is C14H29N3O. The number of nitrogens with zero attached hydrogens (tertiary/aromatic N) is 1. The molecule has 1 amide bonds. The lowest BCUT2D eigenvalue weighted by atomic mass is 9.91. The van der Waals surface area contributed by atoms with Gasteiger partial charge in [0, 0.05) is 31.6 Å². The minimum atomic E-state index is 0.0398. The highest BCUT2D eigenvalue weighted by Crippen LogP contribution is 2.25. The number of carbonyl (C=O) groups is 1. The average molecular weight is 255 g/mol. The number of hydrogen-bond acceptors (Lipinski definition) is 3. The summed E-state index contributed by atoms with van der Waals surface area (Å²) in [7, 11) is 0. The third-order valence-electron chi connectivity index (χ3n) is 4.04. The fourth-order valence-corrected chi connectivity index (χ4v) is 2.59. The van der Waals surface area contributed by atoms with Crippen LogP contribution < -0.4 is 11.1 Å². The first-order chi connectivity index (χ1) is 8.49. The van der Waals surface area contributed by atoms with E-state index in [1.807, 2.05) is 0 Å². The lowest BCUT2D eigenvalue weighted by molar-refractivity contribution is -0.121. The predicted molar refractivity (Wildman–Crippen MR) is 75.3 cm³/mol. The second-order valence-corrected chi connectivity index (χ2v) is 5.99. The normalized spacial score (nSPS) is 21.9. The molecule has 0 spiro atoms. The van der Waals surface area contributed by atoms with Crippen LogP contribution in [0.1, 0.15) is 46.5 Å². The molecule has 0 aliphatic carbocycles. The first kappa shape index (κ1) is 15.4. The molecule has 0 bridgehead atoms. The maximum Gasteiger partial charge on any atom is 0.221 e. The number of amides is 1. The van der Waals surface area contributed by atoms with Crippen LogP contribution in [-0.2, 0) is 4.79 Å². The number of likely N-dealkylation sites (tertiary alicyclic amines) is 1. The second-order valence-electron chi connectivity index (χ2n) is 5.99. The van der Waals surface area contributed by atoms with Crippen molar-refractivity contribution >= 4 is 5.91 Å². The molecule has 4 nitrogen and oxygen atoms in total. The lowest BCUT2D eigenvalue weighted by Gasteiger charge is -2.43. The number of rotatable bonds is 6. The van der Waals surface area contributed by atoms with Gasteiger partial charge in [-0.15, -0.1) is 0 Å². The Labute approximate surface area is 111 Å². The van der Waals surface area contributed by atoms with Gasteiger partial charge < -0.3 is 11.1 Å². The summed E-state index contributed by atoms with van der Waals surface area (Å²) in [5, 5.41) is 2.99. The van der Waals surface area contributed by atoms with Crippen LogP contribution in [0.3, 0.4) is 0 Å². The third kappa shape index (κ3) is 4.58. The van der Waals surface area contributed by atoms with Crippen LogP contribution in [0.25, 0.3) is 0 Å². The van der Waals surface area contributed by atoms with Gasteiger partial charge >= 0.3 is 0 Å². The number of nitrogens with two attached hydrogens (primary N) is 1. The van der Waals surface area contributed by atoms with Gasteiger partial charge in [0.2, 0.25) is 5.91 Å². The number of hydrogen-bond donors (Lipinski definition) is 2. The van der Waals surface area contributed by atoms with Crippen molar-refractivity contribution in [3.05, 3.63) is 0 Å². The van der Waals surface area contributed by atoms with Gasteiger partial charge in [0.05, 0.1) is 0 Å². The summed E-state index contributed by atoms with van der Waals surface area (Å²) >= 11 is 0. The minimum Gasteiger partial charge on any atom is -0.354 e. The Morgan fingerprint density at radius 1 is 1.50 bits per heavy atom. The summed E-state index contributed by atoms with van der Waals surface area (Å²) in [5.41, 5.74) is 5.42. The first-order valence-corrected chi connectivity index (χ1v) is 7.21. The summed E-state index contributed by atoms with van der Waals surface area (Å²) in [5.74, 6) is 0.882. The van der Waals surface area contributed by atoms with Gasteiger partial charge in [0.15, 0.2) is 0 Å². The zero-order valence-electron chi connectivity index (χ0n) is 12.2. The van der Waals surface area contributed by atoms with Crippen molar-refractivity contribution in [3.63, 3.8) is 0 Å². The molecule has 18 heavy (non-hydrogen) atoms. The smallest absolute Gasteiger partial charge is 0.221 e. The van der Waals surface area contributed by atoms with Gasteiger partial charge in [0.1, 0.15) is 0 Å². The quantitative estimate of drug-likeness (QED) is 0.753. The van der Waals surface area contributed by atoms with E-state index in [0.29, 0.717) is 19.5 Å². The van der Waals surface area contributed by atoms with E-state index in [1.54, 1.807) is 0 Å². The van der Waals surface area contributed by atoms with Crippen molar-refractivity contribution in [3.8, 4) is 0 Å². The molecule has 0 aromatic heterocycles. The predicted octanol–water partition coefficient (Wildman–Crippen LogP) is 1.35.